The molecule has 0 bridgehead atoms. The van der Waals surface area contributed by atoms with Gasteiger partial charge in [0.25, 0.3) is 0 Å². The van der Waals surface area contributed by atoms with Gasteiger partial charge in [0.2, 0.25) is 0 Å². The normalized spacial score (nSPS) is 1.50. The van der Waals surface area contributed by atoms with Crippen molar-refractivity contribution in [1.82, 2.24) is 0 Å². The van der Waals surface area contributed by atoms with Crippen LogP contribution in [0.2, 0.25) is 0 Å². The van der Waals surface area contributed by atoms with Gasteiger partial charge in [0.1, 0.15) is 0 Å². The molecule has 0 rings (SSSR count). The van der Waals surface area contributed by atoms with Crippen LogP contribution in [0.1, 0.15) is 2.85 Å². The van der Waals surface area contributed by atoms with E-state index < -0.39 is 0 Å². The van der Waals surface area contributed by atoms with Gasteiger partial charge in [0.15, 0.2) is 0 Å². The van der Waals surface area contributed by atoms with Crippen molar-refractivity contribution >= 4 is 72.9 Å². The molecular weight excluding hydrogens is 265 g/mol. The SMILES string of the molecule is S.[Ba+2].[H-].[H-].[S]=[Cu]. The summed E-state index contributed by atoms with van der Waals surface area (Å²) in [4.78, 5) is 0. The van der Waals surface area contributed by atoms with Crippen molar-refractivity contribution < 1.29 is 17.2 Å². The first-order valence-corrected chi connectivity index (χ1v) is 1.52. The van der Waals surface area contributed by atoms with E-state index in [9.17, 15) is 0 Å². The summed E-state index contributed by atoms with van der Waals surface area (Å²) in [6.07, 6.45) is 0. The van der Waals surface area contributed by atoms with Crippen LogP contribution in [0.5, 0.6) is 0 Å². The summed E-state index contributed by atoms with van der Waals surface area (Å²) in [5, 5.41) is 0. The first-order chi connectivity index (χ1) is 1.00. The molecule has 0 aliphatic rings. The van der Waals surface area contributed by atoms with Gasteiger partial charge in [-0.1, -0.05) is 0 Å². The Kier molecular flexibility index (Phi) is 69.2. The number of hydrogen-bond donors (Lipinski definition) is 0. The minimum absolute atomic E-state index is 0. The van der Waals surface area contributed by atoms with Crippen molar-refractivity contribution in [2.75, 3.05) is 0 Å². The van der Waals surface area contributed by atoms with Crippen LogP contribution in [0.15, 0.2) is 0 Å². The van der Waals surface area contributed by atoms with Gasteiger partial charge in [-0.2, -0.15) is 13.5 Å². The summed E-state index contributed by atoms with van der Waals surface area (Å²) in [5.41, 5.74) is 0. The average Bonchev–Trinajstić information content (AvgIpc) is 1.00. The summed E-state index contributed by atoms with van der Waals surface area (Å²) in [6, 6.07) is 0. The van der Waals surface area contributed by atoms with E-state index in [-0.39, 0.29) is 65.2 Å². The summed E-state index contributed by atoms with van der Waals surface area (Å²) in [6.45, 7) is 0. The standard InChI is InChI=1S/Ba.Cu.H2S.S.2H/h;;1H2;;;/q+2;;;;2*-1. The third-order valence-electron chi connectivity index (χ3n) is 0. The second kappa shape index (κ2) is 17.4. The van der Waals surface area contributed by atoms with Gasteiger partial charge < -0.3 is 2.85 Å². The fourth-order valence-electron chi connectivity index (χ4n) is 0. The van der Waals surface area contributed by atoms with Crippen LogP contribution in [0.3, 0.4) is 0 Å². The van der Waals surface area contributed by atoms with Crippen molar-refractivity contribution in [3.05, 3.63) is 0 Å². The van der Waals surface area contributed by atoms with Gasteiger partial charge in [0, 0.05) is 0 Å². The van der Waals surface area contributed by atoms with E-state index in [0.29, 0.717) is 0 Å². The molecule has 0 saturated heterocycles. The Labute approximate surface area is 88.3 Å². The van der Waals surface area contributed by atoms with Crippen LogP contribution in [-0.2, 0) is 14.4 Å². The number of rotatable bonds is 0. The molecule has 0 aliphatic heterocycles. The summed E-state index contributed by atoms with van der Waals surface area (Å²) in [7, 11) is 3.65. The quantitative estimate of drug-likeness (QED) is 0.580. The molecule has 0 unspecified atom stereocenters. The van der Waals surface area contributed by atoms with Gasteiger partial charge in [-0.05, 0) is 0 Å². The van der Waals surface area contributed by atoms with Gasteiger partial charge in [-0.25, -0.2) is 0 Å². The van der Waals surface area contributed by atoms with Crippen LogP contribution in [0.25, 0.3) is 0 Å². The average molecular weight is 269 g/mol. The maximum absolute atomic E-state index is 3.77. The van der Waals surface area contributed by atoms with Gasteiger partial charge in [-0.3, -0.25) is 0 Å². The molecule has 4 heteroatoms. The Morgan fingerprint density at radius 3 is 1.50 bits per heavy atom. The molecule has 0 N–H and O–H groups in total. The molecule has 0 aromatic carbocycles. The fourth-order valence-corrected chi connectivity index (χ4v) is 0. The van der Waals surface area contributed by atoms with Gasteiger partial charge >= 0.3 is 73.8 Å². The van der Waals surface area contributed by atoms with Crippen molar-refractivity contribution in [2.24, 2.45) is 0 Å². The monoisotopic (exact) mass is 269 g/mol. The van der Waals surface area contributed by atoms with Gasteiger partial charge in [0.05, 0.1) is 0 Å². The predicted molar refractivity (Wildman–Crippen MR) is 25.9 cm³/mol. The maximum atomic E-state index is 3.77. The van der Waals surface area contributed by atoms with Crippen molar-refractivity contribution in [1.29, 1.82) is 0 Å². The van der Waals surface area contributed by atoms with Crippen molar-refractivity contribution in [3.63, 3.8) is 0 Å². The summed E-state index contributed by atoms with van der Waals surface area (Å²) < 4.78 is 0. The zero-order valence-electron chi connectivity index (χ0n) is 3.92. The summed E-state index contributed by atoms with van der Waals surface area (Å²) >= 11 is 3.77. The van der Waals surface area contributed by atoms with E-state index in [1.165, 1.54) is 0 Å². The molecule has 0 saturated carbocycles. The molecule has 0 amide bonds. The second-order valence-corrected chi connectivity index (χ2v) is 0. The zero-order valence-corrected chi connectivity index (χ0v) is 9.12. The van der Waals surface area contributed by atoms with E-state index in [0.717, 1.165) is 0 Å². The molecule has 0 spiro atoms. The van der Waals surface area contributed by atoms with Gasteiger partial charge in [-0.15, -0.1) is 0 Å². The second-order valence-electron chi connectivity index (χ2n) is 0. The van der Waals surface area contributed by atoms with Crippen LogP contribution >= 0.6 is 24.0 Å². The Morgan fingerprint density at radius 2 is 1.50 bits per heavy atom. The zero-order chi connectivity index (χ0) is 2.00. The van der Waals surface area contributed by atoms with E-state index in [1.54, 1.807) is 0 Å². The van der Waals surface area contributed by atoms with Crippen LogP contribution in [0.4, 0.5) is 0 Å². The number of hydrogen-bond acceptors (Lipinski definition) is 1. The summed E-state index contributed by atoms with van der Waals surface area (Å²) in [5.74, 6) is 0. The molecule has 4 heavy (non-hydrogen) atoms. The van der Waals surface area contributed by atoms with E-state index in [2.05, 4.69) is 24.9 Å². The third kappa shape index (κ3) is 8.82. The molecule has 0 heterocycles. The van der Waals surface area contributed by atoms with Crippen LogP contribution in [0, 0.1) is 0 Å². The Morgan fingerprint density at radius 1 is 1.50 bits per heavy atom. The molecule has 0 aliphatic carbocycles. The Hall–Kier alpha value is 2.66. The molecule has 0 nitrogen and oxygen atoms in total. The molecule has 0 aromatic rings. The van der Waals surface area contributed by atoms with Crippen LogP contribution < -0.4 is 0 Å². The fraction of sp³-hybridized carbons (Fsp3) is 0. The first-order valence-electron chi connectivity index (χ1n) is 0.123. The topological polar surface area (TPSA) is 0 Å². The van der Waals surface area contributed by atoms with Crippen LogP contribution in [-0.4, -0.2) is 48.9 Å². The third-order valence-corrected chi connectivity index (χ3v) is 0. The van der Waals surface area contributed by atoms with E-state index >= 15 is 0 Å². The van der Waals surface area contributed by atoms with Crippen molar-refractivity contribution in [2.45, 2.75) is 0 Å². The molecule has 29 valence electrons. The van der Waals surface area contributed by atoms with E-state index in [1.807, 2.05) is 0 Å². The Bertz CT molecular complexity index is 11.5. The van der Waals surface area contributed by atoms with Crippen molar-refractivity contribution in [3.8, 4) is 0 Å². The molecule has 0 atom stereocenters. The first kappa shape index (κ1) is 15.9. The minimum atomic E-state index is 0. The Balaban J connectivity index is -0.000000000833. The predicted octanol–water partition coefficient (Wildman–Crippen LogP) is 0.603. The molecule has 0 radical (unpaired) electrons. The van der Waals surface area contributed by atoms with E-state index in [4.69, 9.17) is 0 Å². The molecule has 0 aromatic heterocycles. The molecular formula is H4BaCuS2. The molecule has 0 fully saturated rings.